The van der Waals surface area contributed by atoms with Crippen LogP contribution < -0.4 is 10.4 Å². The van der Waals surface area contributed by atoms with E-state index in [0.717, 1.165) is 24.0 Å². The maximum atomic E-state index is 11.2. The molecule has 2 aromatic rings. The molecule has 1 saturated carbocycles. The summed E-state index contributed by atoms with van der Waals surface area (Å²) in [4.78, 5) is 11.2. The summed E-state index contributed by atoms with van der Waals surface area (Å²) < 4.78 is 11.1. The van der Waals surface area contributed by atoms with E-state index in [-0.39, 0.29) is 5.63 Å². The highest BCUT2D eigenvalue weighted by Crippen LogP contribution is 2.25. The lowest BCUT2D eigenvalue weighted by Gasteiger charge is -2.22. The highest BCUT2D eigenvalue weighted by atomic mass is 16.5. The second-order valence-corrected chi connectivity index (χ2v) is 4.83. The van der Waals surface area contributed by atoms with Crippen LogP contribution in [0, 0.1) is 0 Å². The second-order valence-electron chi connectivity index (χ2n) is 4.83. The van der Waals surface area contributed by atoms with Gasteiger partial charge < -0.3 is 9.15 Å². The molecule has 1 aromatic heterocycles. The summed E-state index contributed by atoms with van der Waals surface area (Å²) in [6.07, 6.45) is 6.35. The fraction of sp³-hybridized carbons (Fsp3) is 0.400. The third kappa shape index (κ3) is 2.40. The van der Waals surface area contributed by atoms with Gasteiger partial charge in [-0.3, -0.25) is 0 Å². The molecule has 0 spiro atoms. The lowest BCUT2D eigenvalue weighted by molar-refractivity contribution is 0.155. The first-order valence-electron chi connectivity index (χ1n) is 6.52. The van der Waals surface area contributed by atoms with Gasteiger partial charge in [0.25, 0.3) is 0 Å². The fourth-order valence-corrected chi connectivity index (χ4v) is 2.49. The highest BCUT2D eigenvalue weighted by molar-refractivity contribution is 5.77. The normalized spacial score (nSPS) is 16.9. The molecule has 94 valence electrons. The molecule has 1 aliphatic rings. The Morgan fingerprint density at radius 2 is 1.83 bits per heavy atom. The highest BCUT2D eigenvalue weighted by Gasteiger charge is 2.15. The van der Waals surface area contributed by atoms with Gasteiger partial charge in [0, 0.05) is 17.5 Å². The lowest BCUT2D eigenvalue weighted by atomic mass is 9.98. The number of hydrogen-bond donors (Lipinski definition) is 0. The van der Waals surface area contributed by atoms with Crippen LogP contribution in [0.1, 0.15) is 32.1 Å². The van der Waals surface area contributed by atoms with Gasteiger partial charge in [0.05, 0.1) is 6.10 Å². The van der Waals surface area contributed by atoms with E-state index in [1.807, 2.05) is 18.2 Å². The SMILES string of the molecule is O=c1ccc2ccc(OC3CCCCC3)cc2o1. The molecule has 3 heteroatoms. The molecule has 0 amide bonds. The Hall–Kier alpha value is -1.77. The monoisotopic (exact) mass is 244 g/mol. The van der Waals surface area contributed by atoms with Crippen LogP contribution in [0.4, 0.5) is 0 Å². The van der Waals surface area contributed by atoms with Crippen molar-refractivity contribution in [2.24, 2.45) is 0 Å². The predicted molar refractivity (Wildman–Crippen MR) is 70.0 cm³/mol. The summed E-state index contributed by atoms with van der Waals surface area (Å²) >= 11 is 0. The van der Waals surface area contributed by atoms with Crippen LogP contribution in [0.25, 0.3) is 11.0 Å². The van der Waals surface area contributed by atoms with Gasteiger partial charge in [0.15, 0.2) is 0 Å². The summed E-state index contributed by atoms with van der Waals surface area (Å²) in [6.45, 7) is 0. The largest absolute Gasteiger partial charge is 0.490 e. The van der Waals surface area contributed by atoms with Gasteiger partial charge in [-0.2, -0.15) is 0 Å². The van der Waals surface area contributed by atoms with Crippen LogP contribution in [0.15, 0.2) is 39.5 Å². The van der Waals surface area contributed by atoms with Crippen LogP contribution in [-0.2, 0) is 0 Å². The summed E-state index contributed by atoms with van der Waals surface area (Å²) in [6, 6.07) is 8.88. The molecule has 0 aliphatic heterocycles. The quantitative estimate of drug-likeness (QED) is 0.759. The predicted octanol–water partition coefficient (Wildman–Crippen LogP) is 3.50. The van der Waals surface area contributed by atoms with E-state index in [2.05, 4.69) is 0 Å². The first-order valence-corrected chi connectivity index (χ1v) is 6.52. The van der Waals surface area contributed by atoms with Crippen molar-refractivity contribution in [1.29, 1.82) is 0 Å². The molecule has 3 nitrogen and oxygen atoms in total. The third-order valence-corrected chi connectivity index (χ3v) is 3.45. The molecular formula is C15H16O3. The molecule has 18 heavy (non-hydrogen) atoms. The Balaban J connectivity index is 1.85. The summed E-state index contributed by atoms with van der Waals surface area (Å²) in [7, 11) is 0. The number of hydrogen-bond acceptors (Lipinski definition) is 3. The molecule has 0 atom stereocenters. The molecule has 1 heterocycles. The van der Waals surface area contributed by atoms with Gasteiger partial charge in [-0.1, -0.05) is 6.42 Å². The zero-order chi connectivity index (χ0) is 12.4. The summed E-state index contributed by atoms with van der Waals surface area (Å²) in [5, 5.41) is 0.922. The van der Waals surface area contributed by atoms with Gasteiger partial charge in [-0.15, -0.1) is 0 Å². The minimum absolute atomic E-state index is 0.312. The maximum Gasteiger partial charge on any atom is 0.336 e. The van der Waals surface area contributed by atoms with E-state index in [1.165, 1.54) is 25.3 Å². The van der Waals surface area contributed by atoms with Crippen molar-refractivity contribution in [2.45, 2.75) is 38.2 Å². The Labute approximate surface area is 105 Å². The van der Waals surface area contributed by atoms with E-state index in [1.54, 1.807) is 6.07 Å². The Morgan fingerprint density at radius 3 is 2.67 bits per heavy atom. The van der Waals surface area contributed by atoms with E-state index in [4.69, 9.17) is 9.15 Å². The van der Waals surface area contributed by atoms with Gasteiger partial charge in [-0.25, -0.2) is 4.79 Å². The lowest BCUT2D eigenvalue weighted by Crippen LogP contribution is -2.19. The molecule has 0 saturated heterocycles. The minimum atomic E-state index is -0.322. The van der Waals surface area contributed by atoms with Crippen LogP contribution in [0.2, 0.25) is 0 Å². The van der Waals surface area contributed by atoms with Crippen molar-refractivity contribution < 1.29 is 9.15 Å². The van der Waals surface area contributed by atoms with Crippen LogP contribution in [-0.4, -0.2) is 6.10 Å². The Bertz CT molecular complexity index is 594. The van der Waals surface area contributed by atoms with Crippen molar-refractivity contribution >= 4 is 11.0 Å². The topological polar surface area (TPSA) is 39.4 Å². The van der Waals surface area contributed by atoms with E-state index < -0.39 is 0 Å². The zero-order valence-corrected chi connectivity index (χ0v) is 10.2. The van der Waals surface area contributed by atoms with Crippen LogP contribution >= 0.6 is 0 Å². The maximum absolute atomic E-state index is 11.2. The van der Waals surface area contributed by atoms with Crippen LogP contribution in [0.5, 0.6) is 5.75 Å². The van der Waals surface area contributed by atoms with E-state index >= 15 is 0 Å². The third-order valence-electron chi connectivity index (χ3n) is 3.45. The van der Waals surface area contributed by atoms with Crippen molar-refractivity contribution in [3.05, 3.63) is 40.8 Å². The molecule has 0 unspecified atom stereocenters. The van der Waals surface area contributed by atoms with Crippen molar-refractivity contribution in [1.82, 2.24) is 0 Å². The molecule has 1 fully saturated rings. The molecule has 1 aromatic carbocycles. The molecule has 0 radical (unpaired) electrons. The Kier molecular flexibility index (Phi) is 3.05. The minimum Gasteiger partial charge on any atom is -0.490 e. The molecule has 1 aliphatic carbocycles. The Morgan fingerprint density at radius 1 is 1.06 bits per heavy atom. The summed E-state index contributed by atoms with van der Waals surface area (Å²) in [5.74, 6) is 0.795. The fourth-order valence-electron chi connectivity index (χ4n) is 2.49. The van der Waals surface area contributed by atoms with Crippen molar-refractivity contribution in [2.75, 3.05) is 0 Å². The van der Waals surface area contributed by atoms with Gasteiger partial charge in [0.1, 0.15) is 11.3 Å². The van der Waals surface area contributed by atoms with Gasteiger partial charge in [-0.05, 0) is 43.9 Å². The molecular weight excluding hydrogens is 228 g/mol. The van der Waals surface area contributed by atoms with Crippen LogP contribution in [0.3, 0.4) is 0 Å². The summed E-state index contributed by atoms with van der Waals surface area (Å²) in [5.41, 5.74) is 0.271. The van der Waals surface area contributed by atoms with E-state index in [9.17, 15) is 4.79 Å². The van der Waals surface area contributed by atoms with Crippen molar-refractivity contribution in [3.8, 4) is 5.75 Å². The van der Waals surface area contributed by atoms with Gasteiger partial charge >= 0.3 is 5.63 Å². The second kappa shape index (κ2) is 4.84. The molecule has 3 rings (SSSR count). The smallest absolute Gasteiger partial charge is 0.336 e. The first kappa shape index (κ1) is 11.3. The zero-order valence-electron chi connectivity index (χ0n) is 10.2. The van der Waals surface area contributed by atoms with Gasteiger partial charge in [0.2, 0.25) is 0 Å². The average molecular weight is 244 g/mol. The van der Waals surface area contributed by atoms with Crippen molar-refractivity contribution in [3.63, 3.8) is 0 Å². The standard InChI is InChI=1S/C15H16O3/c16-15-9-7-11-6-8-13(10-14(11)18-15)17-12-4-2-1-3-5-12/h6-10,12H,1-5H2. The number of rotatable bonds is 2. The molecule has 0 bridgehead atoms. The first-order chi connectivity index (χ1) is 8.81. The number of ether oxygens (including phenoxy) is 1. The molecule has 0 N–H and O–H groups in total. The average Bonchev–Trinajstić information content (AvgIpc) is 2.39. The number of benzene rings is 1. The van der Waals surface area contributed by atoms with E-state index in [0.29, 0.717) is 11.7 Å². The number of fused-ring (bicyclic) bond motifs is 1.